The van der Waals surface area contributed by atoms with E-state index < -0.39 is 0 Å². The summed E-state index contributed by atoms with van der Waals surface area (Å²) in [6, 6.07) is 14.3. The molecule has 2 aromatic rings. The van der Waals surface area contributed by atoms with Gasteiger partial charge >= 0.3 is 0 Å². The van der Waals surface area contributed by atoms with E-state index in [1.165, 1.54) is 11.1 Å². The van der Waals surface area contributed by atoms with E-state index in [2.05, 4.69) is 36.1 Å². The summed E-state index contributed by atoms with van der Waals surface area (Å²) in [6.45, 7) is 2.93. The summed E-state index contributed by atoms with van der Waals surface area (Å²) in [4.78, 5) is 2.14. The molecular weight excluding hydrogens is 236 g/mol. The van der Waals surface area contributed by atoms with Gasteiger partial charge in [-0.3, -0.25) is 0 Å². The molecule has 3 nitrogen and oxygen atoms in total. The van der Waals surface area contributed by atoms with Crippen LogP contribution < -0.4 is 15.4 Å². The molecule has 100 valence electrons. The molecule has 0 atom stereocenters. The fourth-order valence-corrected chi connectivity index (χ4v) is 2.18. The van der Waals surface area contributed by atoms with Gasteiger partial charge in [0, 0.05) is 19.7 Å². The van der Waals surface area contributed by atoms with Crippen LogP contribution in [0.15, 0.2) is 42.5 Å². The first-order chi connectivity index (χ1) is 9.10. The van der Waals surface area contributed by atoms with Crippen molar-refractivity contribution in [2.75, 3.05) is 24.8 Å². The van der Waals surface area contributed by atoms with Crippen molar-refractivity contribution >= 4 is 11.4 Å². The Hall–Kier alpha value is -2.16. The lowest BCUT2D eigenvalue weighted by Gasteiger charge is -2.21. The number of anilines is 2. The average molecular weight is 256 g/mol. The molecule has 0 aliphatic rings. The van der Waals surface area contributed by atoms with Crippen LogP contribution in [-0.4, -0.2) is 14.2 Å². The Morgan fingerprint density at radius 3 is 2.58 bits per heavy atom. The van der Waals surface area contributed by atoms with Gasteiger partial charge in [0.05, 0.1) is 18.5 Å². The highest BCUT2D eigenvalue weighted by Crippen LogP contribution is 2.27. The van der Waals surface area contributed by atoms with Gasteiger partial charge in [0.25, 0.3) is 0 Å². The van der Waals surface area contributed by atoms with Crippen LogP contribution in [0, 0.1) is 6.92 Å². The monoisotopic (exact) mass is 256 g/mol. The third-order valence-electron chi connectivity index (χ3n) is 3.15. The first kappa shape index (κ1) is 13.3. The zero-order valence-electron chi connectivity index (χ0n) is 11.7. The van der Waals surface area contributed by atoms with Crippen LogP contribution in [-0.2, 0) is 6.54 Å². The summed E-state index contributed by atoms with van der Waals surface area (Å²) in [7, 11) is 3.69. The number of hydrogen-bond donors (Lipinski definition) is 1. The Kier molecular flexibility index (Phi) is 3.95. The van der Waals surface area contributed by atoms with E-state index in [1.807, 2.05) is 25.2 Å². The summed E-state index contributed by atoms with van der Waals surface area (Å²) < 4.78 is 5.17. The largest absolute Gasteiger partial charge is 0.497 e. The number of benzene rings is 2. The molecule has 2 N–H and O–H groups in total. The van der Waals surface area contributed by atoms with Crippen LogP contribution in [0.5, 0.6) is 5.75 Å². The molecule has 19 heavy (non-hydrogen) atoms. The second-order valence-electron chi connectivity index (χ2n) is 4.77. The Labute approximate surface area is 114 Å². The zero-order valence-corrected chi connectivity index (χ0v) is 11.7. The van der Waals surface area contributed by atoms with Gasteiger partial charge in [-0.1, -0.05) is 29.8 Å². The van der Waals surface area contributed by atoms with E-state index in [9.17, 15) is 0 Å². The molecule has 0 amide bonds. The van der Waals surface area contributed by atoms with E-state index in [0.717, 1.165) is 23.7 Å². The predicted octanol–water partition coefficient (Wildman–Crippen LogP) is 3.22. The Balaban J connectivity index is 2.18. The minimum atomic E-state index is 0.731. The molecule has 0 spiro atoms. The van der Waals surface area contributed by atoms with Crippen LogP contribution in [0.3, 0.4) is 0 Å². The van der Waals surface area contributed by atoms with E-state index in [1.54, 1.807) is 7.11 Å². The van der Waals surface area contributed by atoms with Gasteiger partial charge in [0.2, 0.25) is 0 Å². The van der Waals surface area contributed by atoms with E-state index in [4.69, 9.17) is 10.5 Å². The van der Waals surface area contributed by atoms with Crippen molar-refractivity contribution in [3.8, 4) is 5.75 Å². The highest BCUT2D eigenvalue weighted by atomic mass is 16.5. The van der Waals surface area contributed by atoms with Crippen molar-refractivity contribution in [2.24, 2.45) is 0 Å². The summed E-state index contributed by atoms with van der Waals surface area (Å²) in [5.74, 6) is 0.783. The molecule has 2 aromatic carbocycles. The third-order valence-corrected chi connectivity index (χ3v) is 3.15. The van der Waals surface area contributed by atoms with Crippen molar-refractivity contribution < 1.29 is 4.74 Å². The van der Waals surface area contributed by atoms with E-state index >= 15 is 0 Å². The highest BCUT2D eigenvalue weighted by molar-refractivity contribution is 5.69. The van der Waals surface area contributed by atoms with Gasteiger partial charge in [-0.2, -0.15) is 0 Å². The lowest BCUT2D eigenvalue weighted by Crippen LogP contribution is -2.17. The van der Waals surface area contributed by atoms with Crippen LogP contribution >= 0.6 is 0 Å². The van der Waals surface area contributed by atoms with Gasteiger partial charge in [-0.15, -0.1) is 0 Å². The number of nitrogen functional groups attached to an aromatic ring is 1. The van der Waals surface area contributed by atoms with Crippen molar-refractivity contribution in [1.29, 1.82) is 0 Å². The topological polar surface area (TPSA) is 38.5 Å². The molecule has 0 saturated heterocycles. The maximum Gasteiger partial charge on any atom is 0.121 e. The molecule has 0 saturated carbocycles. The first-order valence-electron chi connectivity index (χ1n) is 6.30. The number of aryl methyl sites for hydroxylation is 1. The van der Waals surface area contributed by atoms with Crippen molar-refractivity contribution in [2.45, 2.75) is 13.5 Å². The summed E-state index contributed by atoms with van der Waals surface area (Å²) >= 11 is 0. The molecule has 0 heterocycles. The van der Waals surface area contributed by atoms with Crippen LogP contribution in [0.25, 0.3) is 0 Å². The smallest absolute Gasteiger partial charge is 0.121 e. The molecule has 2 rings (SSSR count). The second kappa shape index (κ2) is 5.65. The molecule has 0 fully saturated rings. The van der Waals surface area contributed by atoms with E-state index in [0.29, 0.717) is 0 Å². The summed E-state index contributed by atoms with van der Waals surface area (Å²) in [5.41, 5.74) is 10.4. The molecule has 0 aliphatic heterocycles. The lowest BCUT2D eigenvalue weighted by atomic mass is 10.1. The number of methoxy groups -OCH3 is 1. The fraction of sp³-hybridized carbons (Fsp3) is 0.250. The van der Waals surface area contributed by atoms with Gasteiger partial charge in [-0.25, -0.2) is 0 Å². The lowest BCUT2D eigenvalue weighted by molar-refractivity contribution is 0.415. The quantitative estimate of drug-likeness (QED) is 0.854. The minimum absolute atomic E-state index is 0.731. The number of ether oxygens (including phenoxy) is 1. The Bertz CT molecular complexity index is 566. The van der Waals surface area contributed by atoms with Crippen LogP contribution in [0.2, 0.25) is 0 Å². The van der Waals surface area contributed by atoms with Crippen molar-refractivity contribution in [3.63, 3.8) is 0 Å². The number of nitrogens with zero attached hydrogens (tertiary/aromatic N) is 1. The zero-order chi connectivity index (χ0) is 13.8. The Morgan fingerprint density at radius 1 is 1.16 bits per heavy atom. The fourth-order valence-electron chi connectivity index (χ4n) is 2.18. The SMILES string of the molecule is COc1ccc(N(C)Cc2cccc(C)c2)c(N)c1. The Morgan fingerprint density at radius 2 is 1.95 bits per heavy atom. The third kappa shape index (κ3) is 3.19. The summed E-state index contributed by atoms with van der Waals surface area (Å²) in [6.07, 6.45) is 0. The maximum absolute atomic E-state index is 6.06. The number of hydrogen-bond acceptors (Lipinski definition) is 3. The van der Waals surface area contributed by atoms with Gasteiger partial charge < -0.3 is 15.4 Å². The maximum atomic E-state index is 6.06. The molecule has 0 radical (unpaired) electrons. The van der Waals surface area contributed by atoms with Crippen molar-refractivity contribution in [1.82, 2.24) is 0 Å². The number of rotatable bonds is 4. The van der Waals surface area contributed by atoms with Crippen molar-refractivity contribution in [3.05, 3.63) is 53.6 Å². The predicted molar refractivity (Wildman–Crippen MR) is 80.7 cm³/mol. The second-order valence-corrected chi connectivity index (χ2v) is 4.77. The molecule has 0 unspecified atom stereocenters. The highest BCUT2D eigenvalue weighted by Gasteiger charge is 2.07. The molecule has 0 bridgehead atoms. The van der Waals surface area contributed by atoms with Gasteiger partial charge in [-0.05, 0) is 24.6 Å². The van der Waals surface area contributed by atoms with E-state index in [-0.39, 0.29) is 0 Å². The average Bonchev–Trinajstić information content (AvgIpc) is 2.38. The minimum Gasteiger partial charge on any atom is -0.497 e. The number of nitrogens with two attached hydrogens (primary N) is 1. The molecule has 0 aliphatic carbocycles. The first-order valence-corrected chi connectivity index (χ1v) is 6.30. The molecule has 0 aromatic heterocycles. The standard InChI is InChI=1S/C16H20N2O/c1-12-5-4-6-13(9-12)11-18(2)16-8-7-14(19-3)10-15(16)17/h4-10H,11,17H2,1-3H3. The molecular formula is C16H20N2O. The van der Waals surface area contributed by atoms with Gasteiger partial charge in [0.1, 0.15) is 5.75 Å². The normalized spacial score (nSPS) is 10.3. The van der Waals surface area contributed by atoms with Crippen LogP contribution in [0.1, 0.15) is 11.1 Å². The molecule has 3 heteroatoms. The van der Waals surface area contributed by atoms with Gasteiger partial charge in [0.15, 0.2) is 0 Å². The summed E-state index contributed by atoms with van der Waals surface area (Å²) in [5, 5.41) is 0. The van der Waals surface area contributed by atoms with Crippen LogP contribution in [0.4, 0.5) is 11.4 Å².